The van der Waals surface area contributed by atoms with E-state index in [1.807, 2.05) is 0 Å². The molecular formula is C16H31N. The summed E-state index contributed by atoms with van der Waals surface area (Å²) < 4.78 is 0. The Labute approximate surface area is 108 Å². The van der Waals surface area contributed by atoms with E-state index in [1.165, 1.54) is 38.6 Å². The van der Waals surface area contributed by atoms with Crippen LogP contribution < -0.4 is 5.32 Å². The average molecular weight is 237 g/mol. The fourth-order valence-electron chi connectivity index (χ4n) is 2.95. The molecule has 3 unspecified atom stereocenters. The maximum Gasteiger partial charge on any atom is 0.00966 e. The molecule has 3 atom stereocenters. The summed E-state index contributed by atoms with van der Waals surface area (Å²) >= 11 is 0. The van der Waals surface area contributed by atoms with Crippen molar-refractivity contribution in [1.29, 1.82) is 0 Å². The summed E-state index contributed by atoms with van der Waals surface area (Å²) in [5, 5.41) is 3.69. The second-order valence-electron chi connectivity index (χ2n) is 6.94. The van der Waals surface area contributed by atoms with Gasteiger partial charge >= 0.3 is 0 Å². The summed E-state index contributed by atoms with van der Waals surface area (Å²) in [6, 6.07) is 0. The van der Waals surface area contributed by atoms with Gasteiger partial charge in [0.1, 0.15) is 0 Å². The summed E-state index contributed by atoms with van der Waals surface area (Å²) in [6.07, 6.45) is 8.85. The minimum atomic E-state index is 0.256. The summed E-state index contributed by atoms with van der Waals surface area (Å²) in [5.41, 5.74) is 0.256. The Morgan fingerprint density at radius 3 is 2.53 bits per heavy atom. The highest BCUT2D eigenvalue weighted by Gasteiger charge is 2.28. The van der Waals surface area contributed by atoms with Gasteiger partial charge in [0.25, 0.3) is 0 Å². The van der Waals surface area contributed by atoms with Gasteiger partial charge in [-0.2, -0.15) is 0 Å². The Kier molecular flexibility index (Phi) is 5.72. The highest BCUT2D eigenvalue weighted by molar-refractivity contribution is 4.84. The van der Waals surface area contributed by atoms with Crippen molar-refractivity contribution in [3.05, 3.63) is 12.7 Å². The fraction of sp³-hybridized carbons (Fsp3) is 0.875. The average Bonchev–Trinajstić information content (AvgIpc) is 2.23. The first kappa shape index (κ1) is 14.8. The summed E-state index contributed by atoms with van der Waals surface area (Å²) in [6.45, 7) is 14.2. The normalized spacial score (nSPS) is 30.2. The molecular weight excluding hydrogens is 206 g/mol. The van der Waals surface area contributed by atoms with Gasteiger partial charge in [-0.15, -0.1) is 6.58 Å². The predicted molar refractivity (Wildman–Crippen MR) is 77.2 cm³/mol. The SMILES string of the molecule is C=CCCC1CC(C)CCC1CNC(C)(C)C. The molecule has 1 fully saturated rings. The molecule has 0 spiro atoms. The second kappa shape index (κ2) is 6.58. The van der Waals surface area contributed by atoms with Crippen molar-refractivity contribution in [1.82, 2.24) is 5.32 Å². The third-order valence-corrected chi connectivity index (χ3v) is 4.04. The van der Waals surface area contributed by atoms with Crippen LogP contribution in [0.4, 0.5) is 0 Å². The molecule has 1 heteroatoms. The number of allylic oxidation sites excluding steroid dienone is 1. The number of rotatable bonds is 5. The van der Waals surface area contributed by atoms with Crippen molar-refractivity contribution in [2.24, 2.45) is 17.8 Å². The first-order valence-electron chi connectivity index (χ1n) is 7.28. The minimum absolute atomic E-state index is 0.256. The van der Waals surface area contributed by atoms with Crippen LogP contribution in [-0.4, -0.2) is 12.1 Å². The van der Waals surface area contributed by atoms with Crippen LogP contribution in [0.3, 0.4) is 0 Å². The Balaban J connectivity index is 2.45. The molecule has 100 valence electrons. The Bertz CT molecular complexity index is 226. The topological polar surface area (TPSA) is 12.0 Å². The van der Waals surface area contributed by atoms with Gasteiger partial charge in [-0.1, -0.05) is 19.4 Å². The van der Waals surface area contributed by atoms with Crippen LogP contribution in [0, 0.1) is 17.8 Å². The Morgan fingerprint density at radius 2 is 1.94 bits per heavy atom. The van der Waals surface area contributed by atoms with Gasteiger partial charge in [0, 0.05) is 5.54 Å². The van der Waals surface area contributed by atoms with E-state index in [0.717, 1.165) is 17.8 Å². The molecule has 1 N–H and O–H groups in total. The van der Waals surface area contributed by atoms with Crippen LogP contribution in [0.25, 0.3) is 0 Å². The fourth-order valence-corrected chi connectivity index (χ4v) is 2.95. The molecule has 0 aliphatic heterocycles. The zero-order valence-electron chi connectivity index (χ0n) is 12.3. The van der Waals surface area contributed by atoms with Crippen LogP contribution in [0.1, 0.15) is 59.8 Å². The lowest BCUT2D eigenvalue weighted by molar-refractivity contribution is 0.167. The lowest BCUT2D eigenvalue weighted by atomic mass is 9.72. The van der Waals surface area contributed by atoms with E-state index in [9.17, 15) is 0 Å². The third-order valence-electron chi connectivity index (χ3n) is 4.04. The van der Waals surface area contributed by atoms with E-state index in [2.05, 4.69) is 45.7 Å². The molecule has 1 rings (SSSR count). The van der Waals surface area contributed by atoms with Gasteiger partial charge in [-0.3, -0.25) is 0 Å². The third kappa shape index (κ3) is 5.72. The van der Waals surface area contributed by atoms with Crippen molar-refractivity contribution in [2.75, 3.05) is 6.54 Å². The van der Waals surface area contributed by atoms with Gasteiger partial charge in [0.2, 0.25) is 0 Å². The number of hydrogen-bond acceptors (Lipinski definition) is 1. The largest absolute Gasteiger partial charge is 0.312 e. The van der Waals surface area contributed by atoms with Crippen molar-refractivity contribution in [2.45, 2.75) is 65.3 Å². The Hall–Kier alpha value is -0.300. The second-order valence-corrected chi connectivity index (χ2v) is 6.94. The van der Waals surface area contributed by atoms with E-state index in [4.69, 9.17) is 0 Å². The van der Waals surface area contributed by atoms with Crippen molar-refractivity contribution < 1.29 is 0 Å². The molecule has 17 heavy (non-hydrogen) atoms. The van der Waals surface area contributed by atoms with Crippen LogP contribution in [0.2, 0.25) is 0 Å². The molecule has 1 aliphatic carbocycles. The van der Waals surface area contributed by atoms with Gasteiger partial charge in [-0.05, 0) is 70.8 Å². The zero-order valence-corrected chi connectivity index (χ0v) is 12.3. The summed E-state index contributed by atoms with van der Waals surface area (Å²) in [7, 11) is 0. The van der Waals surface area contributed by atoms with E-state index in [1.54, 1.807) is 0 Å². The number of nitrogens with one attached hydrogen (secondary N) is 1. The Morgan fingerprint density at radius 1 is 1.24 bits per heavy atom. The molecule has 0 aromatic heterocycles. The van der Waals surface area contributed by atoms with E-state index >= 15 is 0 Å². The maximum atomic E-state index is 3.86. The van der Waals surface area contributed by atoms with Crippen molar-refractivity contribution >= 4 is 0 Å². The molecule has 0 radical (unpaired) electrons. The summed E-state index contributed by atoms with van der Waals surface area (Å²) in [4.78, 5) is 0. The molecule has 1 aliphatic rings. The van der Waals surface area contributed by atoms with E-state index in [0.29, 0.717) is 0 Å². The van der Waals surface area contributed by atoms with Crippen molar-refractivity contribution in [3.8, 4) is 0 Å². The summed E-state index contributed by atoms with van der Waals surface area (Å²) in [5.74, 6) is 2.72. The zero-order chi connectivity index (χ0) is 12.9. The van der Waals surface area contributed by atoms with Gasteiger partial charge in [0.05, 0.1) is 0 Å². The highest BCUT2D eigenvalue weighted by Crippen LogP contribution is 2.36. The van der Waals surface area contributed by atoms with Crippen LogP contribution in [-0.2, 0) is 0 Å². The first-order valence-corrected chi connectivity index (χ1v) is 7.28. The molecule has 0 bridgehead atoms. The molecule has 1 saturated carbocycles. The molecule has 0 aromatic rings. The lowest BCUT2D eigenvalue weighted by Gasteiger charge is -2.37. The van der Waals surface area contributed by atoms with Crippen molar-refractivity contribution in [3.63, 3.8) is 0 Å². The van der Waals surface area contributed by atoms with E-state index < -0.39 is 0 Å². The van der Waals surface area contributed by atoms with Gasteiger partial charge < -0.3 is 5.32 Å². The monoisotopic (exact) mass is 237 g/mol. The molecule has 0 amide bonds. The first-order chi connectivity index (χ1) is 7.92. The van der Waals surface area contributed by atoms with Crippen LogP contribution >= 0.6 is 0 Å². The standard InChI is InChI=1S/C16H31N/c1-6-7-8-14-11-13(2)9-10-15(14)12-17-16(3,4)5/h6,13-15,17H,1,7-12H2,2-5H3. The minimum Gasteiger partial charge on any atom is -0.312 e. The van der Waals surface area contributed by atoms with Crippen LogP contribution in [0.15, 0.2) is 12.7 Å². The molecule has 0 saturated heterocycles. The van der Waals surface area contributed by atoms with E-state index in [-0.39, 0.29) is 5.54 Å². The lowest BCUT2D eigenvalue weighted by Crippen LogP contribution is -2.42. The maximum absolute atomic E-state index is 3.86. The van der Waals surface area contributed by atoms with Crippen LogP contribution in [0.5, 0.6) is 0 Å². The highest BCUT2D eigenvalue weighted by atomic mass is 14.9. The molecule has 1 nitrogen and oxygen atoms in total. The number of hydrogen-bond donors (Lipinski definition) is 1. The quantitative estimate of drug-likeness (QED) is 0.699. The van der Waals surface area contributed by atoms with Gasteiger partial charge in [-0.25, -0.2) is 0 Å². The van der Waals surface area contributed by atoms with Gasteiger partial charge in [0.15, 0.2) is 0 Å². The smallest absolute Gasteiger partial charge is 0.00966 e. The molecule has 0 aromatic carbocycles. The predicted octanol–water partition coefficient (Wildman–Crippen LogP) is 4.39. The molecule has 0 heterocycles.